The van der Waals surface area contributed by atoms with Crippen molar-refractivity contribution in [1.29, 1.82) is 5.41 Å². The number of nitrogens with two attached hydrogens (primary N) is 1. The van der Waals surface area contributed by atoms with Crippen molar-refractivity contribution in [3.63, 3.8) is 0 Å². The molecule has 0 spiro atoms. The van der Waals surface area contributed by atoms with Crippen LogP contribution < -0.4 is 5.73 Å². The van der Waals surface area contributed by atoms with Gasteiger partial charge in [0, 0.05) is 40.4 Å². The lowest BCUT2D eigenvalue weighted by atomic mass is 10.0. The Hall–Kier alpha value is -2.25. The van der Waals surface area contributed by atoms with Crippen LogP contribution in [0, 0.1) is 5.41 Å². The molecule has 0 bridgehead atoms. The molecule has 7 heteroatoms. The molecule has 4 rings (SSSR count). The monoisotopic (exact) mass is 381 g/mol. The van der Waals surface area contributed by atoms with Crippen LogP contribution in [0.15, 0.2) is 34.8 Å². The van der Waals surface area contributed by atoms with Gasteiger partial charge in [-0.05, 0) is 31.9 Å². The van der Waals surface area contributed by atoms with Gasteiger partial charge in [0.2, 0.25) is 0 Å². The Morgan fingerprint density at radius 1 is 1.35 bits per heavy atom. The second-order valence-electron chi connectivity index (χ2n) is 6.17. The summed E-state index contributed by atoms with van der Waals surface area (Å²) in [6, 6.07) is 3.74. The highest BCUT2D eigenvalue weighted by atomic mass is 32.2. The molecule has 132 valence electrons. The number of allylic oxidation sites excluding steroid dienone is 2. The Kier molecular flexibility index (Phi) is 4.74. The van der Waals surface area contributed by atoms with Crippen molar-refractivity contribution in [3.05, 3.63) is 36.3 Å². The minimum absolute atomic E-state index is 0.631. The zero-order chi connectivity index (χ0) is 18.1. The van der Waals surface area contributed by atoms with Crippen molar-refractivity contribution in [3.8, 4) is 11.4 Å². The van der Waals surface area contributed by atoms with Gasteiger partial charge in [-0.3, -0.25) is 0 Å². The van der Waals surface area contributed by atoms with E-state index < -0.39 is 0 Å². The average Bonchev–Trinajstić information content (AvgIpc) is 2.95. The first-order chi connectivity index (χ1) is 12.7. The third kappa shape index (κ3) is 3.01. The van der Waals surface area contributed by atoms with E-state index in [0.717, 1.165) is 36.9 Å². The Morgan fingerprint density at radius 3 is 2.73 bits per heavy atom. The molecule has 0 unspecified atom stereocenters. The number of thioether (sulfide) groups is 1. The Balaban J connectivity index is 1.93. The molecule has 1 aliphatic carbocycles. The molecule has 0 saturated heterocycles. The highest BCUT2D eigenvalue weighted by Gasteiger charge is 2.24. The summed E-state index contributed by atoms with van der Waals surface area (Å²) < 4.78 is 1.13. The zero-order valence-electron chi connectivity index (χ0n) is 14.4. The number of hydrogen-bond donors (Lipinski definition) is 2. The van der Waals surface area contributed by atoms with Gasteiger partial charge in [-0.25, -0.2) is 15.0 Å². The van der Waals surface area contributed by atoms with Gasteiger partial charge in [-0.2, -0.15) is 0 Å². The zero-order valence-corrected chi connectivity index (χ0v) is 16.0. The fourth-order valence-corrected chi connectivity index (χ4v) is 5.69. The van der Waals surface area contributed by atoms with E-state index in [2.05, 4.69) is 9.97 Å². The number of hydrogen-bond acceptors (Lipinski definition) is 7. The SMILES string of the molecule is C/C=C(\C=N)c1cc(-c2ncccn2)c2c(N)c(SC3CCC3)sc2n1. The third-order valence-electron chi connectivity index (χ3n) is 4.56. The van der Waals surface area contributed by atoms with Gasteiger partial charge in [-0.15, -0.1) is 23.1 Å². The van der Waals surface area contributed by atoms with Gasteiger partial charge in [0.05, 0.1) is 15.6 Å². The summed E-state index contributed by atoms with van der Waals surface area (Å²) in [6.07, 6.45) is 10.5. The van der Waals surface area contributed by atoms with Gasteiger partial charge in [0.1, 0.15) is 4.83 Å². The van der Waals surface area contributed by atoms with E-state index in [4.69, 9.17) is 16.1 Å². The van der Waals surface area contributed by atoms with Crippen molar-refractivity contribution >= 4 is 50.8 Å². The highest BCUT2D eigenvalue weighted by Crippen LogP contribution is 2.48. The van der Waals surface area contributed by atoms with E-state index >= 15 is 0 Å². The second-order valence-corrected chi connectivity index (χ2v) is 8.74. The fraction of sp³-hybridized carbons (Fsp3) is 0.263. The minimum atomic E-state index is 0.631. The molecule has 26 heavy (non-hydrogen) atoms. The molecule has 3 aromatic rings. The van der Waals surface area contributed by atoms with Crippen molar-refractivity contribution < 1.29 is 0 Å². The molecule has 3 aromatic heterocycles. The van der Waals surface area contributed by atoms with Crippen LogP contribution in [0.3, 0.4) is 0 Å². The number of pyridine rings is 1. The maximum absolute atomic E-state index is 7.66. The topological polar surface area (TPSA) is 88.5 Å². The number of nitrogen functional groups attached to an aromatic ring is 1. The molecule has 1 saturated carbocycles. The highest BCUT2D eigenvalue weighted by molar-refractivity contribution is 8.02. The first-order valence-electron chi connectivity index (χ1n) is 8.55. The molecule has 0 aromatic carbocycles. The lowest BCUT2D eigenvalue weighted by Crippen LogP contribution is -2.12. The van der Waals surface area contributed by atoms with Crippen LogP contribution in [0.1, 0.15) is 31.9 Å². The van der Waals surface area contributed by atoms with Gasteiger partial charge in [0.25, 0.3) is 0 Å². The number of nitrogens with one attached hydrogen (secondary N) is 1. The van der Waals surface area contributed by atoms with Crippen LogP contribution >= 0.6 is 23.1 Å². The molecule has 3 heterocycles. The predicted octanol–water partition coefficient (Wildman–Crippen LogP) is 5.03. The summed E-state index contributed by atoms with van der Waals surface area (Å²) in [4.78, 5) is 14.5. The van der Waals surface area contributed by atoms with Crippen molar-refractivity contribution in [2.24, 2.45) is 0 Å². The number of thiophene rings is 1. The number of fused-ring (bicyclic) bond motifs is 1. The number of aromatic nitrogens is 3. The van der Waals surface area contributed by atoms with Crippen LogP contribution in [-0.2, 0) is 0 Å². The number of nitrogens with zero attached hydrogens (tertiary/aromatic N) is 3. The van der Waals surface area contributed by atoms with E-state index in [0.29, 0.717) is 11.1 Å². The Bertz CT molecular complexity index is 990. The molecular formula is C19H19N5S2. The molecule has 0 atom stereocenters. The van der Waals surface area contributed by atoms with Crippen molar-refractivity contribution in [2.45, 2.75) is 35.6 Å². The normalized spacial score (nSPS) is 15.2. The first kappa shape index (κ1) is 17.2. The first-order valence-corrected chi connectivity index (χ1v) is 10.2. The molecular weight excluding hydrogens is 362 g/mol. The van der Waals surface area contributed by atoms with Crippen molar-refractivity contribution in [2.75, 3.05) is 5.73 Å². The van der Waals surface area contributed by atoms with E-state index in [9.17, 15) is 0 Å². The minimum Gasteiger partial charge on any atom is -0.397 e. The maximum Gasteiger partial charge on any atom is 0.159 e. The van der Waals surface area contributed by atoms with Crippen molar-refractivity contribution in [1.82, 2.24) is 15.0 Å². The Labute approximate surface area is 160 Å². The molecule has 0 radical (unpaired) electrons. The summed E-state index contributed by atoms with van der Waals surface area (Å²) in [5, 5.41) is 9.25. The summed E-state index contributed by atoms with van der Waals surface area (Å²) in [5.41, 5.74) is 9.70. The van der Waals surface area contributed by atoms with Crippen LogP contribution in [-0.4, -0.2) is 26.4 Å². The quantitative estimate of drug-likeness (QED) is 0.605. The van der Waals surface area contributed by atoms with Crippen LogP contribution in [0.5, 0.6) is 0 Å². The van der Waals surface area contributed by atoms with Gasteiger partial charge in [-0.1, -0.05) is 12.5 Å². The third-order valence-corrected chi connectivity index (χ3v) is 7.23. The average molecular weight is 382 g/mol. The van der Waals surface area contributed by atoms with E-state index in [1.54, 1.807) is 29.8 Å². The van der Waals surface area contributed by atoms with E-state index in [1.807, 2.05) is 30.8 Å². The second kappa shape index (κ2) is 7.17. The molecule has 1 fully saturated rings. The lowest BCUT2D eigenvalue weighted by molar-refractivity contribution is 0.522. The summed E-state index contributed by atoms with van der Waals surface area (Å²) in [7, 11) is 0. The smallest absolute Gasteiger partial charge is 0.159 e. The van der Waals surface area contributed by atoms with E-state index in [1.165, 1.54) is 25.5 Å². The van der Waals surface area contributed by atoms with Gasteiger partial charge < -0.3 is 11.1 Å². The molecule has 0 aliphatic heterocycles. The largest absolute Gasteiger partial charge is 0.397 e. The molecule has 5 nitrogen and oxygen atoms in total. The van der Waals surface area contributed by atoms with Crippen LogP contribution in [0.4, 0.5) is 5.69 Å². The number of rotatable bonds is 5. The maximum atomic E-state index is 7.66. The standard InChI is InChI=1S/C19H19N5S2/c1-2-11(10-20)14-9-13(17-22-7-4-8-23-17)15-16(21)19(26-18(15)24-14)25-12-5-3-6-12/h2,4,7-10,12,20H,3,5-6,21H2,1H3/b11-2+,20-10?. The fourth-order valence-electron chi connectivity index (χ4n) is 2.90. The van der Waals surface area contributed by atoms with E-state index in [-0.39, 0.29) is 0 Å². The molecule has 3 N–H and O–H groups in total. The predicted molar refractivity (Wildman–Crippen MR) is 111 cm³/mol. The summed E-state index contributed by atoms with van der Waals surface area (Å²) in [6.45, 7) is 1.91. The molecule has 0 amide bonds. The van der Waals surface area contributed by atoms with Gasteiger partial charge in [0.15, 0.2) is 5.82 Å². The molecule has 1 aliphatic rings. The van der Waals surface area contributed by atoms with Crippen LogP contribution in [0.25, 0.3) is 27.2 Å². The Morgan fingerprint density at radius 2 is 2.12 bits per heavy atom. The van der Waals surface area contributed by atoms with Crippen LogP contribution in [0.2, 0.25) is 0 Å². The lowest BCUT2D eigenvalue weighted by Gasteiger charge is -2.23. The number of anilines is 1. The summed E-state index contributed by atoms with van der Waals surface area (Å²) in [5.74, 6) is 0.631. The summed E-state index contributed by atoms with van der Waals surface area (Å²) >= 11 is 3.50. The van der Waals surface area contributed by atoms with Gasteiger partial charge >= 0.3 is 0 Å².